The Kier molecular flexibility index (Phi) is 15.4. The highest BCUT2D eigenvalue weighted by molar-refractivity contribution is 5.95. The minimum absolute atomic E-state index is 0.0418. The van der Waals surface area contributed by atoms with Gasteiger partial charge in [0.15, 0.2) is 0 Å². The summed E-state index contributed by atoms with van der Waals surface area (Å²) in [5.41, 5.74) is 1.07. The topological polar surface area (TPSA) is 104 Å². The Morgan fingerprint density at radius 1 is 1.03 bits per heavy atom. The van der Waals surface area contributed by atoms with Crippen molar-refractivity contribution in [3.05, 3.63) is 35.9 Å². The van der Waals surface area contributed by atoms with Crippen LogP contribution in [0.1, 0.15) is 33.3 Å². The summed E-state index contributed by atoms with van der Waals surface area (Å²) in [5.74, 6) is 0.0655. The molecule has 0 spiro atoms. The first-order valence-electron chi connectivity index (χ1n) is 12.0. The lowest BCUT2D eigenvalue weighted by atomic mass is 9.94. The molecule has 3 atom stereocenters. The summed E-state index contributed by atoms with van der Waals surface area (Å²) in [6.45, 7) is 9.63. The van der Waals surface area contributed by atoms with Crippen LogP contribution < -0.4 is 0 Å². The van der Waals surface area contributed by atoms with Crippen LogP contribution in [0.3, 0.4) is 0 Å². The average molecular weight is 498 g/mol. The molecule has 1 aromatic rings. The van der Waals surface area contributed by atoms with Crippen molar-refractivity contribution < 1.29 is 38.4 Å². The van der Waals surface area contributed by atoms with E-state index in [4.69, 9.17) is 28.8 Å². The van der Waals surface area contributed by atoms with E-state index >= 15 is 0 Å². The van der Waals surface area contributed by atoms with Crippen molar-refractivity contribution >= 4 is 12.0 Å². The first-order valence-corrected chi connectivity index (χ1v) is 12.0. The van der Waals surface area contributed by atoms with E-state index in [2.05, 4.69) is 13.8 Å². The summed E-state index contributed by atoms with van der Waals surface area (Å²) < 4.78 is 25.2. The van der Waals surface area contributed by atoms with Crippen molar-refractivity contribution in [3.8, 4) is 0 Å². The zero-order valence-electron chi connectivity index (χ0n) is 22.0. The molecule has 1 aromatic carbocycles. The SMILES string of the molecule is COCOC[C@@H](C(=O)N1C(=O)OC[C@H]1Cc1ccccc1)C(C)C.COCOC[C@@H](CO)C(C)C. The van der Waals surface area contributed by atoms with Gasteiger partial charge in [-0.25, -0.2) is 9.69 Å². The fourth-order valence-electron chi connectivity index (χ4n) is 3.49. The van der Waals surface area contributed by atoms with Gasteiger partial charge >= 0.3 is 6.09 Å². The predicted molar refractivity (Wildman–Crippen MR) is 132 cm³/mol. The number of hydrogen-bond donors (Lipinski definition) is 1. The van der Waals surface area contributed by atoms with Crippen molar-refractivity contribution in [1.29, 1.82) is 0 Å². The van der Waals surface area contributed by atoms with E-state index in [1.165, 1.54) is 12.0 Å². The molecule has 1 aliphatic heterocycles. The first kappa shape index (κ1) is 31.0. The molecule has 0 saturated carbocycles. The van der Waals surface area contributed by atoms with Gasteiger partial charge in [0.25, 0.3) is 0 Å². The van der Waals surface area contributed by atoms with Gasteiger partial charge in [0.1, 0.15) is 20.2 Å². The lowest BCUT2D eigenvalue weighted by Gasteiger charge is -2.27. The molecule has 1 saturated heterocycles. The summed E-state index contributed by atoms with van der Waals surface area (Å²) in [5, 5.41) is 8.87. The number of carbonyl (C=O) groups excluding carboxylic acids is 2. The largest absolute Gasteiger partial charge is 0.447 e. The number of nitrogens with zero attached hydrogens (tertiary/aromatic N) is 1. The highest BCUT2D eigenvalue weighted by Crippen LogP contribution is 2.23. The number of aliphatic hydroxyl groups is 1. The van der Waals surface area contributed by atoms with Gasteiger partial charge in [0, 0.05) is 26.7 Å². The van der Waals surface area contributed by atoms with Gasteiger partial charge in [0.2, 0.25) is 5.91 Å². The molecule has 0 bridgehead atoms. The zero-order valence-corrected chi connectivity index (χ0v) is 22.0. The molecule has 0 radical (unpaired) electrons. The van der Waals surface area contributed by atoms with Crippen LogP contribution in [0.15, 0.2) is 30.3 Å². The Morgan fingerprint density at radius 2 is 1.63 bits per heavy atom. The van der Waals surface area contributed by atoms with Crippen LogP contribution in [-0.2, 0) is 34.9 Å². The highest BCUT2D eigenvalue weighted by atomic mass is 16.7. The lowest BCUT2D eigenvalue weighted by molar-refractivity contribution is -0.139. The van der Waals surface area contributed by atoms with Crippen LogP contribution in [-0.4, -0.2) is 82.3 Å². The molecule has 1 aliphatic rings. The van der Waals surface area contributed by atoms with Crippen LogP contribution in [0, 0.1) is 23.7 Å². The molecule has 200 valence electrons. The smallest absolute Gasteiger partial charge is 0.416 e. The summed E-state index contributed by atoms with van der Waals surface area (Å²) in [6, 6.07) is 9.49. The van der Waals surface area contributed by atoms with E-state index in [-0.39, 0.29) is 50.4 Å². The molecular weight excluding hydrogens is 454 g/mol. The summed E-state index contributed by atoms with van der Waals surface area (Å²) in [7, 11) is 3.11. The summed E-state index contributed by atoms with van der Waals surface area (Å²) >= 11 is 0. The van der Waals surface area contributed by atoms with Crippen molar-refractivity contribution in [2.75, 3.05) is 54.2 Å². The van der Waals surface area contributed by atoms with Crippen molar-refractivity contribution in [3.63, 3.8) is 0 Å². The van der Waals surface area contributed by atoms with E-state index in [0.717, 1.165) is 5.56 Å². The molecule has 1 N–H and O–H groups in total. The second kappa shape index (κ2) is 17.4. The second-order valence-corrected chi connectivity index (χ2v) is 9.22. The van der Waals surface area contributed by atoms with Crippen LogP contribution in [0.5, 0.6) is 0 Å². The van der Waals surface area contributed by atoms with Crippen molar-refractivity contribution in [2.45, 2.75) is 40.2 Å². The van der Waals surface area contributed by atoms with Gasteiger partial charge in [-0.15, -0.1) is 0 Å². The minimum atomic E-state index is -0.571. The fourth-order valence-corrected chi connectivity index (χ4v) is 3.49. The van der Waals surface area contributed by atoms with E-state index in [0.29, 0.717) is 25.7 Å². The van der Waals surface area contributed by atoms with E-state index < -0.39 is 12.0 Å². The Morgan fingerprint density at radius 3 is 2.14 bits per heavy atom. The molecule has 1 fully saturated rings. The maximum Gasteiger partial charge on any atom is 0.416 e. The number of aliphatic hydroxyl groups excluding tert-OH is 1. The maximum atomic E-state index is 12.9. The molecule has 9 heteroatoms. The highest BCUT2D eigenvalue weighted by Gasteiger charge is 2.41. The normalized spacial score (nSPS) is 17.2. The number of amides is 2. The number of methoxy groups -OCH3 is 2. The molecular formula is C26H43NO8. The van der Waals surface area contributed by atoms with Crippen LogP contribution in [0.4, 0.5) is 4.79 Å². The molecule has 0 aromatic heterocycles. The molecule has 0 unspecified atom stereocenters. The number of hydrogen-bond acceptors (Lipinski definition) is 8. The van der Waals surface area contributed by atoms with Gasteiger partial charge in [0.05, 0.1) is 25.2 Å². The van der Waals surface area contributed by atoms with Crippen molar-refractivity contribution in [2.24, 2.45) is 23.7 Å². The number of carbonyl (C=O) groups is 2. The van der Waals surface area contributed by atoms with Gasteiger partial charge in [-0.3, -0.25) is 4.79 Å². The predicted octanol–water partition coefficient (Wildman–Crippen LogP) is 3.34. The lowest BCUT2D eigenvalue weighted by Crippen LogP contribution is -2.46. The standard InChI is InChI=1S/C18H25NO5.C8H18O3/c1-13(2)16(11-23-12-22-3)17(20)19-15(10-24-18(19)21)9-14-7-5-4-6-8-14;1-7(2)8(4-9)5-11-6-10-3/h4-8,13,15-16H,9-12H2,1-3H3;7-9H,4-6H2,1-3H3/t15-,16-;8-/m11/s1. The second-order valence-electron chi connectivity index (χ2n) is 9.22. The van der Waals surface area contributed by atoms with Gasteiger partial charge in [-0.05, 0) is 23.8 Å². The maximum absolute atomic E-state index is 12.9. The third-order valence-corrected chi connectivity index (χ3v) is 5.84. The third kappa shape index (κ3) is 11.0. The molecule has 0 aliphatic carbocycles. The van der Waals surface area contributed by atoms with Crippen molar-refractivity contribution in [1.82, 2.24) is 4.90 Å². The number of benzene rings is 1. The zero-order chi connectivity index (χ0) is 26.2. The minimum Gasteiger partial charge on any atom is -0.447 e. The Hall–Kier alpha value is -2.04. The number of imide groups is 1. The van der Waals surface area contributed by atoms with Crippen LogP contribution in [0.25, 0.3) is 0 Å². The number of ether oxygens (including phenoxy) is 5. The number of rotatable bonds is 14. The molecule has 1 heterocycles. The first-order chi connectivity index (χ1) is 16.8. The summed E-state index contributed by atoms with van der Waals surface area (Å²) in [4.78, 5) is 26.2. The van der Waals surface area contributed by atoms with Gasteiger partial charge < -0.3 is 28.8 Å². The Balaban J connectivity index is 0.000000471. The molecule has 2 amide bonds. The number of cyclic esters (lactones) is 1. The third-order valence-electron chi connectivity index (χ3n) is 5.84. The van der Waals surface area contributed by atoms with E-state index in [1.807, 2.05) is 44.2 Å². The van der Waals surface area contributed by atoms with Crippen LogP contribution in [0.2, 0.25) is 0 Å². The van der Waals surface area contributed by atoms with Gasteiger partial charge in [-0.2, -0.15) is 0 Å². The van der Waals surface area contributed by atoms with E-state index in [9.17, 15) is 9.59 Å². The van der Waals surface area contributed by atoms with Gasteiger partial charge in [-0.1, -0.05) is 58.0 Å². The Labute approximate surface area is 209 Å². The Bertz CT molecular complexity index is 713. The monoisotopic (exact) mass is 497 g/mol. The molecule has 35 heavy (non-hydrogen) atoms. The quantitative estimate of drug-likeness (QED) is 0.308. The summed E-state index contributed by atoms with van der Waals surface area (Å²) in [6.07, 6.45) is 0.0144. The van der Waals surface area contributed by atoms with Crippen LogP contribution >= 0.6 is 0 Å². The fraction of sp³-hybridized carbons (Fsp3) is 0.692. The molecule has 2 rings (SSSR count). The average Bonchev–Trinajstić information content (AvgIpc) is 3.19. The molecule has 9 nitrogen and oxygen atoms in total. The van der Waals surface area contributed by atoms with E-state index in [1.54, 1.807) is 7.11 Å².